The summed E-state index contributed by atoms with van der Waals surface area (Å²) in [7, 11) is 0. The molecule has 4 rings (SSSR count). The Morgan fingerprint density at radius 2 is 2.07 bits per heavy atom. The molecule has 1 aromatic heterocycles. The molecule has 1 aliphatic carbocycles. The molecule has 0 radical (unpaired) electrons. The molecule has 1 heterocycles. The van der Waals surface area contributed by atoms with Crippen LogP contribution in [0.4, 0.5) is 5.69 Å². The first kappa shape index (κ1) is 18.1. The Morgan fingerprint density at radius 1 is 1.21 bits per heavy atom. The number of nitrogens with one attached hydrogen (secondary N) is 1. The fourth-order valence-electron chi connectivity index (χ4n) is 3.07. The van der Waals surface area contributed by atoms with Crippen molar-refractivity contribution in [3.63, 3.8) is 0 Å². The van der Waals surface area contributed by atoms with Gasteiger partial charge in [0.1, 0.15) is 0 Å². The maximum absolute atomic E-state index is 11.4. The largest absolute Gasteiger partial charge is 0.478 e. The predicted molar refractivity (Wildman–Crippen MR) is 109 cm³/mol. The first-order chi connectivity index (χ1) is 13.7. The van der Waals surface area contributed by atoms with Crippen LogP contribution in [-0.4, -0.2) is 16.1 Å². The number of rotatable bonds is 6. The number of benzene rings is 2. The molecule has 0 bridgehead atoms. The molecule has 0 atom stereocenters. The van der Waals surface area contributed by atoms with Gasteiger partial charge in [0, 0.05) is 28.4 Å². The Morgan fingerprint density at radius 3 is 2.75 bits per heavy atom. The highest BCUT2D eigenvalue weighted by Gasteiger charge is 2.27. The van der Waals surface area contributed by atoms with Crippen LogP contribution in [0.3, 0.4) is 0 Å². The summed E-state index contributed by atoms with van der Waals surface area (Å²) in [6, 6.07) is 16.8. The molecule has 5 nitrogen and oxygen atoms in total. The van der Waals surface area contributed by atoms with Crippen LogP contribution >= 0.6 is 11.9 Å². The van der Waals surface area contributed by atoms with Crippen LogP contribution in [0.25, 0.3) is 11.1 Å². The highest BCUT2D eigenvalue weighted by molar-refractivity contribution is 8.00. The predicted octanol–water partition coefficient (Wildman–Crippen LogP) is 5.32. The SMILES string of the molecule is N#Cc1ccc(-c2cccnc2)c(NSc2cc(C(=O)O)ccc2C2CC2)c1. The van der Waals surface area contributed by atoms with Crippen LogP contribution < -0.4 is 4.72 Å². The van der Waals surface area contributed by atoms with Gasteiger partial charge in [-0.2, -0.15) is 5.26 Å². The molecule has 0 amide bonds. The molecular formula is C22H17N3O2S. The Labute approximate surface area is 167 Å². The van der Waals surface area contributed by atoms with Gasteiger partial charge in [-0.15, -0.1) is 0 Å². The Hall–Kier alpha value is -3.30. The monoisotopic (exact) mass is 387 g/mol. The second kappa shape index (κ2) is 7.75. The maximum Gasteiger partial charge on any atom is 0.335 e. The van der Waals surface area contributed by atoms with Crippen molar-refractivity contribution in [1.29, 1.82) is 5.26 Å². The Bertz CT molecular complexity index is 1070. The van der Waals surface area contributed by atoms with E-state index in [1.807, 2.05) is 24.3 Å². The topological polar surface area (TPSA) is 86.0 Å². The molecule has 3 aromatic rings. The summed E-state index contributed by atoms with van der Waals surface area (Å²) in [5.74, 6) is -0.442. The minimum absolute atomic E-state index is 0.270. The molecular weight excluding hydrogens is 370 g/mol. The van der Waals surface area contributed by atoms with Crippen molar-refractivity contribution in [3.05, 3.63) is 77.6 Å². The van der Waals surface area contributed by atoms with E-state index in [9.17, 15) is 15.2 Å². The van der Waals surface area contributed by atoms with Gasteiger partial charge in [0.05, 0.1) is 22.9 Å². The third kappa shape index (κ3) is 3.85. The molecule has 0 aliphatic heterocycles. The van der Waals surface area contributed by atoms with Gasteiger partial charge in [-0.3, -0.25) is 4.98 Å². The van der Waals surface area contributed by atoms with E-state index in [1.54, 1.807) is 36.7 Å². The zero-order chi connectivity index (χ0) is 19.5. The van der Waals surface area contributed by atoms with E-state index in [-0.39, 0.29) is 5.56 Å². The highest BCUT2D eigenvalue weighted by Crippen LogP contribution is 2.45. The van der Waals surface area contributed by atoms with Crippen molar-refractivity contribution in [2.24, 2.45) is 0 Å². The molecule has 2 N–H and O–H groups in total. The maximum atomic E-state index is 11.4. The Balaban J connectivity index is 1.68. The molecule has 1 saturated carbocycles. The van der Waals surface area contributed by atoms with Gasteiger partial charge < -0.3 is 9.83 Å². The van der Waals surface area contributed by atoms with Crippen LogP contribution in [0.15, 0.2) is 65.8 Å². The average Bonchev–Trinajstić information content (AvgIpc) is 3.57. The zero-order valence-corrected chi connectivity index (χ0v) is 15.7. The molecule has 28 heavy (non-hydrogen) atoms. The van der Waals surface area contributed by atoms with Gasteiger partial charge in [-0.1, -0.05) is 18.2 Å². The van der Waals surface area contributed by atoms with Crippen LogP contribution in [0.2, 0.25) is 0 Å². The summed E-state index contributed by atoms with van der Waals surface area (Å²) in [4.78, 5) is 16.5. The number of hydrogen-bond acceptors (Lipinski definition) is 5. The normalized spacial score (nSPS) is 13.0. The smallest absolute Gasteiger partial charge is 0.335 e. The molecule has 2 aromatic carbocycles. The molecule has 0 spiro atoms. The summed E-state index contributed by atoms with van der Waals surface area (Å²) in [5.41, 5.74) is 4.66. The van der Waals surface area contributed by atoms with Crippen molar-refractivity contribution in [2.75, 3.05) is 4.72 Å². The van der Waals surface area contributed by atoms with Gasteiger partial charge in [0.2, 0.25) is 0 Å². The third-order valence-electron chi connectivity index (χ3n) is 4.67. The summed E-state index contributed by atoms with van der Waals surface area (Å²) in [6.07, 6.45) is 5.75. The van der Waals surface area contributed by atoms with Gasteiger partial charge in [0.25, 0.3) is 0 Å². The molecule has 1 fully saturated rings. The lowest BCUT2D eigenvalue weighted by molar-refractivity contribution is 0.0696. The van der Waals surface area contributed by atoms with E-state index in [0.717, 1.165) is 34.6 Å². The number of aromatic nitrogens is 1. The van der Waals surface area contributed by atoms with Crippen molar-refractivity contribution in [3.8, 4) is 17.2 Å². The fraction of sp³-hybridized carbons (Fsp3) is 0.136. The fourth-order valence-corrected chi connectivity index (χ4v) is 4.00. The van der Waals surface area contributed by atoms with Crippen LogP contribution in [-0.2, 0) is 0 Å². The third-order valence-corrected chi connectivity index (χ3v) is 5.57. The minimum atomic E-state index is -0.938. The van der Waals surface area contributed by atoms with Crippen LogP contribution in [0.5, 0.6) is 0 Å². The lowest BCUT2D eigenvalue weighted by atomic mass is 10.0. The summed E-state index contributed by atoms with van der Waals surface area (Å²) in [5, 5.41) is 18.6. The molecule has 138 valence electrons. The van der Waals surface area contributed by atoms with Gasteiger partial charge in [-0.25, -0.2) is 4.79 Å². The summed E-state index contributed by atoms with van der Waals surface area (Å²) in [6.45, 7) is 0. The number of nitriles is 1. The van der Waals surface area contributed by atoms with E-state index in [1.165, 1.54) is 17.5 Å². The van der Waals surface area contributed by atoms with E-state index in [4.69, 9.17) is 0 Å². The number of anilines is 1. The second-order valence-electron chi connectivity index (χ2n) is 6.65. The van der Waals surface area contributed by atoms with E-state index in [2.05, 4.69) is 15.8 Å². The van der Waals surface area contributed by atoms with Crippen molar-refractivity contribution in [2.45, 2.75) is 23.7 Å². The standard InChI is InChI=1S/C22H17N3O2S/c23-12-14-3-7-18(17-2-1-9-24-13-17)20(10-14)25-28-21-11-16(22(26)27)6-8-19(21)15-4-5-15/h1-3,6-11,13,15,25H,4-5H2,(H,26,27). The van der Waals surface area contributed by atoms with Gasteiger partial charge in [0.15, 0.2) is 0 Å². The average molecular weight is 387 g/mol. The van der Waals surface area contributed by atoms with Crippen LogP contribution in [0, 0.1) is 11.3 Å². The number of aromatic carboxylic acids is 1. The van der Waals surface area contributed by atoms with Crippen molar-refractivity contribution >= 4 is 23.6 Å². The van der Waals surface area contributed by atoms with Gasteiger partial charge >= 0.3 is 5.97 Å². The number of carbonyl (C=O) groups is 1. The molecule has 0 saturated heterocycles. The van der Waals surface area contributed by atoms with E-state index >= 15 is 0 Å². The minimum Gasteiger partial charge on any atom is -0.478 e. The Kier molecular flexibility index (Phi) is 5.00. The van der Waals surface area contributed by atoms with E-state index < -0.39 is 5.97 Å². The molecule has 1 aliphatic rings. The van der Waals surface area contributed by atoms with Gasteiger partial charge in [-0.05, 0) is 66.6 Å². The molecule has 6 heteroatoms. The van der Waals surface area contributed by atoms with E-state index in [0.29, 0.717) is 11.5 Å². The number of hydrogen-bond donors (Lipinski definition) is 2. The molecule has 0 unspecified atom stereocenters. The summed E-state index contributed by atoms with van der Waals surface area (Å²) < 4.78 is 3.34. The van der Waals surface area contributed by atoms with Crippen molar-refractivity contribution in [1.82, 2.24) is 4.98 Å². The summed E-state index contributed by atoms with van der Waals surface area (Å²) >= 11 is 1.38. The number of carboxylic acid groups (broad SMARTS) is 1. The first-order valence-corrected chi connectivity index (χ1v) is 9.72. The highest BCUT2D eigenvalue weighted by atomic mass is 32.2. The number of nitrogens with zero attached hydrogens (tertiary/aromatic N) is 2. The second-order valence-corrected chi connectivity index (χ2v) is 7.50. The quantitative estimate of drug-likeness (QED) is 0.557. The van der Waals surface area contributed by atoms with Crippen molar-refractivity contribution < 1.29 is 9.90 Å². The zero-order valence-electron chi connectivity index (χ0n) is 14.9. The number of carboxylic acids is 1. The lowest BCUT2D eigenvalue weighted by Gasteiger charge is -2.14. The van der Waals surface area contributed by atoms with Crippen LogP contribution in [0.1, 0.15) is 40.2 Å². The lowest BCUT2D eigenvalue weighted by Crippen LogP contribution is -1.99. The first-order valence-electron chi connectivity index (χ1n) is 8.90. The number of pyridine rings is 1.